The van der Waals surface area contributed by atoms with Crippen LogP contribution in [0, 0.1) is 6.92 Å². The zero-order chi connectivity index (χ0) is 17.5. The van der Waals surface area contributed by atoms with Gasteiger partial charge in [-0.1, -0.05) is 0 Å². The zero-order valence-corrected chi connectivity index (χ0v) is 14.3. The molecule has 0 atom stereocenters. The summed E-state index contributed by atoms with van der Waals surface area (Å²) in [5.41, 5.74) is 1.08. The Kier molecular flexibility index (Phi) is 5.97. The van der Waals surface area contributed by atoms with Crippen LogP contribution in [0.3, 0.4) is 0 Å². The molecule has 25 heavy (non-hydrogen) atoms. The van der Waals surface area contributed by atoms with Crippen molar-refractivity contribution < 1.29 is 13.9 Å². The topological polar surface area (TPSA) is 92.5 Å². The van der Waals surface area contributed by atoms with Crippen LogP contribution in [-0.4, -0.2) is 60.2 Å². The van der Waals surface area contributed by atoms with Crippen molar-refractivity contribution in [3.05, 3.63) is 41.6 Å². The second-order valence-corrected chi connectivity index (χ2v) is 5.86. The number of carbonyl (C=O) groups excluding carboxylic acids is 1. The lowest BCUT2D eigenvalue weighted by Gasteiger charge is -2.26. The van der Waals surface area contributed by atoms with Gasteiger partial charge >= 0.3 is 0 Å². The van der Waals surface area contributed by atoms with E-state index in [1.165, 1.54) is 0 Å². The SMILES string of the molecule is Cc1cc(C(=O)NCc2ccco2)nc(NCCN2CCOCC2)n1. The number of morpholine rings is 1. The minimum Gasteiger partial charge on any atom is -0.467 e. The van der Waals surface area contributed by atoms with Crippen LogP contribution < -0.4 is 10.6 Å². The molecule has 3 heterocycles. The average Bonchev–Trinajstić information content (AvgIpc) is 3.14. The van der Waals surface area contributed by atoms with Crippen molar-refractivity contribution >= 4 is 11.9 Å². The van der Waals surface area contributed by atoms with E-state index in [-0.39, 0.29) is 5.91 Å². The molecule has 1 aliphatic heterocycles. The summed E-state index contributed by atoms with van der Waals surface area (Å²) in [6.07, 6.45) is 1.58. The molecule has 0 saturated carbocycles. The quantitative estimate of drug-likeness (QED) is 0.775. The zero-order valence-electron chi connectivity index (χ0n) is 14.3. The second-order valence-electron chi connectivity index (χ2n) is 5.86. The molecule has 2 aromatic rings. The molecule has 1 amide bonds. The Morgan fingerprint density at radius 1 is 1.32 bits per heavy atom. The van der Waals surface area contributed by atoms with Crippen molar-refractivity contribution in [3.63, 3.8) is 0 Å². The number of rotatable bonds is 7. The highest BCUT2D eigenvalue weighted by Gasteiger charge is 2.12. The van der Waals surface area contributed by atoms with Crippen molar-refractivity contribution in [2.45, 2.75) is 13.5 Å². The fourth-order valence-electron chi connectivity index (χ4n) is 2.59. The summed E-state index contributed by atoms with van der Waals surface area (Å²) in [6.45, 7) is 7.22. The first-order valence-corrected chi connectivity index (χ1v) is 8.41. The third kappa shape index (κ3) is 5.27. The lowest BCUT2D eigenvalue weighted by molar-refractivity contribution is 0.0398. The number of anilines is 1. The first-order valence-electron chi connectivity index (χ1n) is 8.41. The standard InChI is InChI=1S/C17H23N5O3/c1-13-11-15(16(23)19-12-14-3-2-8-25-14)21-17(20-13)18-4-5-22-6-9-24-10-7-22/h2-3,8,11H,4-7,9-10,12H2,1H3,(H,19,23)(H,18,20,21). The summed E-state index contributed by atoms with van der Waals surface area (Å²) >= 11 is 0. The highest BCUT2D eigenvalue weighted by atomic mass is 16.5. The molecule has 0 aromatic carbocycles. The van der Waals surface area contributed by atoms with Gasteiger partial charge in [0.1, 0.15) is 11.5 Å². The van der Waals surface area contributed by atoms with Crippen molar-refractivity contribution in [3.8, 4) is 0 Å². The number of nitrogens with one attached hydrogen (secondary N) is 2. The van der Waals surface area contributed by atoms with Gasteiger partial charge < -0.3 is 19.8 Å². The fourth-order valence-corrected chi connectivity index (χ4v) is 2.59. The summed E-state index contributed by atoms with van der Waals surface area (Å²) < 4.78 is 10.5. The first kappa shape index (κ1) is 17.4. The second kappa shape index (κ2) is 8.59. The maximum absolute atomic E-state index is 12.3. The van der Waals surface area contributed by atoms with Crippen LogP contribution in [0.25, 0.3) is 0 Å². The minimum atomic E-state index is -0.252. The number of aromatic nitrogens is 2. The van der Waals surface area contributed by atoms with Crippen molar-refractivity contribution in [2.75, 3.05) is 44.7 Å². The highest BCUT2D eigenvalue weighted by Crippen LogP contribution is 2.06. The van der Waals surface area contributed by atoms with E-state index in [0.717, 1.165) is 45.1 Å². The van der Waals surface area contributed by atoms with E-state index in [2.05, 4.69) is 25.5 Å². The Hall–Kier alpha value is -2.45. The molecule has 2 N–H and O–H groups in total. The molecule has 0 aliphatic carbocycles. The summed E-state index contributed by atoms with van der Waals surface area (Å²) in [7, 11) is 0. The van der Waals surface area contributed by atoms with Gasteiger partial charge in [0.15, 0.2) is 0 Å². The highest BCUT2D eigenvalue weighted by molar-refractivity contribution is 5.92. The molecule has 1 saturated heterocycles. The molecular weight excluding hydrogens is 322 g/mol. The third-order valence-corrected chi connectivity index (χ3v) is 3.90. The Balaban J connectivity index is 1.52. The summed E-state index contributed by atoms with van der Waals surface area (Å²) in [4.78, 5) is 23.2. The maximum Gasteiger partial charge on any atom is 0.270 e. The van der Waals surface area contributed by atoms with Gasteiger partial charge in [0.25, 0.3) is 5.91 Å². The maximum atomic E-state index is 12.3. The van der Waals surface area contributed by atoms with Crippen LogP contribution in [0.4, 0.5) is 5.95 Å². The number of nitrogens with zero attached hydrogens (tertiary/aromatic N) is 3. The van der Waals surface area contributed by atoms with E-state index in [1.54, 1.807) is 18.4 Å². The average molecular weight is 345 g/mol. The van der Waals surface area contributed by atoms with E-state index in [4.69, 9.17) is 9.15 Å². The molecule has 8 heteroatoms. The van der Waals surface area contributed by atoms with Gasteiger partial charge in [0.05, 0.1) is 26.0 Å². The third-order valence-electron chi connectivity index (χ3n) is 3.90. The molecule has 0 bridgehead atoms. The van der Waals surface area contributed by atoms with Gasteiger partial charge in [-0.15, -0.1) is 0 Å². The van der Waals surface area contributed by atoms with Gasteiger partial charge in [-0.25, -0.2) is 9.97 Å². The fraction of sp³-hybridized carbons (Fsp3) is 0.471. The largest absolute Gasteiger partial charge is 0.467 e. The van der Waals surface area contributed by atoms with Gasteiger partial charge in [0.2, 0.25) is 5.95 Å². The van der Waals surface area contributed by atoms with E-state index in [9.17, 15) is 4.79 Å². The van der Waals surface area contributed by atoms with E-state index in [0.29, 0.717) is 23.9 Å². The molecule has 0 spiro atoms. The Morgan fingerprint density at radius 2 is 2.16 bits per heavy atom. The number of aryl methyl sites for hydroxylation is 1. The summed E-state index contributed by atoms with van der Waals surface area (Å²) in [5, 5.41) is 5.99. The number of ether oxygens (including phenoxy) is 1. The van der Waals surface area contributed by atoms with Gasteiger partial charge in [-0.2, -0.15) is 0 Å². The summed E-state index contributed by atoms with van der Waals surface area (Å²) in [5.74, 6) is 0.914. The number of amides is 1. The van der Waals surface area contributed by atoms with E-state index >= 15 is 0 Å². The van der Waals surface area contributed by atoms with E-state index in [1.807, 2.05) is 13.0 Å². The minimum absolute atomic E-state index is 0.252. The molecule has 0 radical (unpaired) electrons. The van der Waals surface area contributed by atoms with Gasteiger partial charge in [-0.05, 0) is 25.1 Å². The predicted octanol–water partition coefficient (Wildman–Crippen LogP) is 1.05. The Labute approximate surface area is 146 Å². The van der Waals surface area contributed by atoms with Crippen LogP contribution in [0.2, 0.25) is 0 Å². The normalized spacial score (nSPS) is 15.1. The molecule has 1 aliphatic rings. The first-order chi connectivity index (χ1) is 12.2. The van der Waals surface area contributed by atoms with Crippen molar-refractivity contribution in [2.24, 2.45) is 0 Å². The predicted molar refractivity (Wildman–Crippen MR) is 92.4 cm³/mol. The molecule has 8 nitrogen and oxygen atoms in total. The number of hydrogen-bond acceptors (Lipinski definition) is 7. The lowest BCUT2D eigenvalue weighted by Crippen LogP contribution is -2.39. The number of carbonyl (C=O) groups is 1. The monoisotopic (exact) mass is 345 g/mol. The smallest absolute Gasteiger partial charge is 0.270 e. The number of furan rings is 1. The molecule has 1 fully saturated rings. The van der Waals surface area contributed by atoms with Crippen LogP contribution in [0.5, 0.6) is 0 Å². The van der Waals surface area contributed by atoms with Gasteiger partial charge in [0, 0.05) is 31.9 Å². The Bertz CT molecular complexity index is 684. The lowest BCUT2D eigenvalue weighted by atomic mass is 10.3. The van der Waals surface area contributed by atoms with Crippen molar-refractivity contribution in [1.29, 1.82) is 0 Å². The molecular formula is C17H23N5O3. The molecule has 0 unspecified atom stereocenters. The molecule has 3 rings (SSSR count). The van der Waals surface area contributed by atoms with Gasteiger partial charge in [-0.3, -0.25) is 9.69 Å². The van der Waals surface area contributed by atoms with Crippen LogP contribution >= 0.6 is 0 Å². The van der Waals surface area contributed by atoms with Crippen LogP contribution in [0.1, 0.15) is 21.9 Å². The summed E-state index contributed by atoms with van der Waals surface area (Å²) in [6, 6.07) is 5.27. The Morgan fingerprint density at radius 3 is 2.92 bits per heavy atom. The van der Waals surface area contributed by atoms with Crippen LogP contribution in [-0.2, 0) is 11.3 Å². The van der Waals surface area contributed by atoms with E-state index < -0.39 is 0 Å². The number of hydrogen-bond donors (Lipinski definition) is 2. The molecule has 134 valence electrons. The van der Waals surface area contributed by atoms with Crippen LogP contribution in [0.15, 0.2) is 28.9 Å². The van der Waals surface area contributed by atoms with Crippen molar-refractivity contribution in [1.82, 2.24) is 20.2 Å². The molecule has 2 aromatic heterocycles.